The van der Waals surface area contributed by atoms with Crippen molar-refractivity contribution in [2.24, 2.45) is 5.92 Å². The molecule has 4 rings (SSSR count). The normalized spacial score (nSPS) is 18.3. The smallest absolute Gasteiger partial charge is 0.230 e. The molecule has 2 amide bonds. The Kier molecular flexibility index (Phi) is 5.64. The van der Waals surface area contributed by atoms with Gasteiger partial charge in [-0.1, -0.05) is 35.9 Å². The lowest BCUT2D eigenvalue weighted by molar-refractivity contribution is -0.122. The number of amides is 2. The van der Waals surface area contributed by atoms with Crippen LogP contribution >= 0.6 is 11.3 Å². The van der Waals surface area contributed by atoms with E-state index in [1.54, 1.807) is 28.4 Å². The van der Waals surface area contributed by atoms with Gasteiger partial charge in [0.2, 0.25) is 11.8 Å². The molecule has 1 fully saturated rings. The topological polar surface area (TPSA) is 73.2 Å². The van der Waals surface area contributed by atoms with E-state index in [1.807, 2.05) is 60.8 Å². The molecule has 2 aromatic carbocycles. The van der Waals surface area contributed by atoms with Gasteiger partial charge in [0, 0.05) is 22.7 Å². The predicted octanol–water partition coefficient (Wildman–Crippen LogP) is 4.86. The molecule has 0 bridgehead atoms. The van der Waals surface area contributed by atoms with Gasteiger partial charge >= 0.3 is 0 Å². The molecular formula is C24H21N3O2S. The van der Waals surface area contributed by atoms with Crippen LogP contribution in [0, 0.1) is 24.2 Å². The summed E-state index contributed by atoms with van der Waals surface area (Å²) < 4.78 is 0. The van der Waals surface area contributed by atoms with E-state index in [4.69, 9.17) is 5.26 Å². The molecule has 1 aliphatic rings. The molecule has 1 saturated heterocycles. The number of carbonyl (C=O) groups is 2. The molecule has 0 spiro atoms. The number of rotatable bonds is 5. The summed E-state index contributed by atoms with van der Waals surface area (Å²) in [4.78, 5) is 28.9. The molecule has 0 aliphatic carbocycles. The van der Waals surface area contributed by atoms with Crippen LogP contribution in [0.25, 0.3) is 0 Å². The van der Waals surface area contributed by atoms with Gasteiger partial charge in [0.1, 0.15) is 0 Å². The summed E-state index contributed by atoms with van der Waals surface area (Å²) in [5.41, 5.74) is 3.48. The van der Waals surface area contributed by atoms with Crippen LogP contribution in [0.15, 0.2) is 66.0 Å². The molecule has 1 N–H and O–H groups in total. The molecule has 6 heteroatoms. The minimum atomic E-state index is -0.490. The minimum Gasteiger partial charge on any atom is -0.326 e. The highest BCUT2D eigenvalue weighted by Crippen LogP contribution is 2.43. The van der Waals surface area contributed by atoms with E-state index in [0.29, 0.717) is 12.1 Å². The van der Waals surface area contributed by atoms with Gasteiger partial charge in [-0.25, -0.2) is 0 Å². The first-order chi connectivity index (χ1) is 14.6. The molecule has 0 saturated carbocycles. The Morgan fingerprint density at radius 1 is 1.17 bits per heavy atom. The van der Waals surface area contributed by atoms with E-state index in [1.165, 1.54) is 0 Å². The second kappa shape index (κ2) is 8.52. The van der Waals surface area contributed by atoms with Crippen molar-refractivity contribution >= 4 is 34.5 Å². The zero-order chi connectivity index (χ0) is 21.1. The Hall–Kier alpha value is -3.43. The number of thiophene rings is 1. The number of hydrogen-bond acceptors (Lipinski definition) is 4. The quantitative estimate of drug-likeness (QED) is 0.647. The van der Waals surface area contributed by atoms with Crippen LogP contribution in [0.4, 0.5) is 11.4 Å². The predicted molar refractivity (Wildman–Crippen MR) is 118 cm³/mol. The van der Waals surface area contributed by atoms with Gasteiger partial charge in [-0.3, -0.25) is 9.59 Å². The van der Waals surface area contributed by atoms with Crippen molar-refractivity contribution in [3.63, 3.8) is 0 Å². The Morgan fingerprint density at radius 3 is 2.53 bits per heavy atom. The van der Waals surface area contributed by atoms with Crippen LogP contribution in [0.3, 0.4) is 0 Å². The maximum atomic E-state index is 13.2. The highest BCUT2D eigenvalue weighted by molar-refractivity contribution is 7.10. The van der Waals surface area contributed by atoms with Crippen molar-refractivity contribution in [1.29, 1.82) is 5.26 Å². The summed E-state index contributed by atoms with van der Waals surface area (Å²) in [5.74, 6) is -0.720. The average molecular weight is 416 g/mol. The molecular weight excluding hydrogens is 394 g/mol. The lowest BCUT2D eigenvalue weighted by atomic mass is 9.97. The average Bonchev–Trinajstić information content (AvgIpc) is 3.38. The SMILES string of the molecule is Cc1ccc(N2C(=O)CC(C(=O)Nc3ccc(CC#N)cc3)C2c2cccs2)cc1. The molecule has 2 unspecified atom stereocenters. The Morgan fingerprint density at radius 2 is 1.90 bits per heavy atom. The molecule has 1 aliphatic heterocycles. The van der Waals surface area contributed by atoms with Crippen LogP contribution < -0.4 is 10.2 Å². The lowest BCUT2D eigenvalue weighted by Gasteiger charge is -2.27. The van der Waals surface area contributed by atoms with Gasteiger partial charge < -0.3 is 10.2 Å². The van der Waals surface area contributed by atoms with Crippen molar-refractivity contribution in [3.8, 4) is 6.07 Å². The molecule has 1 aromatic heterocycles. The zero-order valence-electron chi connectivity index (χ0n) is 16.5. The molecule has 0 radical (unpaired) electrons. The second-order valence-electron chi connectivity index (χ2n) is 7.39. The van der Waals surface area contributed by atoms with Crippen molar-refractivity contribution in [3.05, 3.63) is 82.0 Å². The van der Waals surface area contributed by atoms with Crippen LogP contribution in [0.2, 0.25) is 0 Å². The first-order valence-electron chi connectivity index (χ1n) is 9.75. The number of nitriles is 1. The van der Waals surface area contributed by atoms with Crippen LogP contribution in [0.1, 0.15) is 28.5 Å². The molecule has 2 heterocycles. The van der Waals surface area contributed by atoms with E-state index in [0.717, 1.165) is 21.7 Å². The van der Waals surface area contributed by atoms with Crippen molar-refractivity contribution in [2.75, 3.05) is 10.2 Å². The second-order valence-corrected chi connectivity index (χ2v) is 8.37. The number of aryl methyl sites for hydroxylation is 1. The fourth-order valence-electron chi connectivity index (χ4n) is 3.80. The monoisotopic (exact) mass is 415 g/mol. The summed E-state index contributed by atoms with van der Waals surface area (Å²) in [5, 5.41) is 13.7. The third kappa shape index (κ3) is 3.98. The third-order valence-electron chi connectivity index (χ3n) is 5.31. The number of nitrogens with one attached hydrogen (secondary N) is 1. The molecule has 2 atom stereocenters. The van der Waals surface area contributed by atoms with E-state index in [2.05, 4.69) is 11.4 Å². The van der Waals surface area contributed by atoms with Gasteiger partial charge in [-0.2, -0.15) is 5.26 Å². The largest absolute Gasteiger partial charge is 0.326 e. The van der Waals surface area contributed by atoms with E-state index >= 15 is 0 Å². The minimum absolute atomic E-state index is 0.0539. The standard InChI is InChI=1S/C24H21N3O2S/c1-16-4-10-19(11-5-16)27-22(28)15-20(23(27)21-3-2-14-30-21)24(29)26-18-8-6-17(7-9-18)12-13-25/h2-11,14,20,23H,12,15H2,1H3,(H,26,29). The highest BCUT2D eigenvalue weighted by Gasteiger charge is 2.45. The first-order valence-corrected chi connectivity index (χ1v) is 10.6. The Bertz CT molecular complexity index is 1080. The van der Waals surface area contributed by atoms with E-state index in [9.17, 15) is 9.59 Å². The summed E-state index contributed by atoms with van der Waals surface area (Å²) in [6.07, 6.45) is 0.492. The number of carbonyl (C=O) groups excluding carboxylic acids is 2. The van der Waals surface area contributed by atoms with Gasteiger partial charge in [0.15, 0.2) is 0 Å². The number of benzene rings is 2. The van der Waals surface area contributed by atoms with E-state index in [-0.39, 0.29) is 24.3 Å². The van der Waals surface area contributed by atoms with Crippen molar-refractivity contribution in [2.45, 2.75) is 25.8 Å². The zero-order valence-corrected chi connectivity index (χ0v) is 17.4. The molecule has 3 aromatic rings. The first kappa shape index (κ1) is 19.9. The third-order valence-corrected chi connectivity index (χ3v) is 6.25. The van der Waals surface area contributed by atoms with Crippen LogP contribution in [0.5, 0.6) is 0 Å². The van der Waals surface area contributed by atoms with Crippen molar-refractivity contribution in [1.82, 2.24) is 0 Å². The molecule has 5 nitrogen and oxygen atoms in total. The fraction of sp³-hybridized carbons (Fsp3) is 0.208. The number of anilines is 2. The Labute approximate surface area is 179 Å². The number of hydrogen-bond donors (Lipinski definition) is 1. The van der Waals surface area contributed by atoms with Crippen LogP contribution in [-0.2, 0) is 16.0 Å². The maximum Gasteiger partial charge on any atom is 0.230 e. The Balaban J connectivity index is 1.61. The summed E-state index contributed by atoms with van der Waals surface area (Å²) >= 11 is 1.55. The highest BCUT2D eigenvalue weighted by atomic mass is 32.1. The van der Waals surface area contributed by atoms with Gasteiger partial charge in [0.25, 0.3) is 0 Å². The summed E-state index contributed by atoms with van der Waals surface area (Å²) in [6, 6.07) is 20.8. The van der Waals surface area contributed by atoms with E-state index < -0.39 is 5.92 Å². The maximum absolute atomic E-state index is 13.2. The fourth-order valence-corrected chi connectivity index (χ4v) is 4.68. The lowest BCUT2D eigenvalue weighted by Crippen LogP contribution is -2.32. The van der Waals surface area contributed by atoms with Crippen LogP contribution in [-0.4, -0.2) is 11.8 Å². The molecule has 150 valence electrons. The van der Waals surface area contributed by atoms with Crippen molar-refractivity contribution < 1.29 is 9.59 Å². The van der Waals surface area contributed by atoms with Gasteiger partial charge in [-0.05, 0) is 48.2 Å². The summed E-state index contributed by atoms with van der Waals surface area (Å²) in [7, 11) is 0. The number of nitrogens with zero attached hydrogens (tertiary/aromatic N) is 2. The summed E-state index contributed by atoms with van der Waals surface area (Å²) in [6.45, 7) is 2.00. The van der Waals surface area contributed by atoms with Gasteiger partial charge in [0.05, 0.1) is 24.4 Å². The van der Waals surface area contributed by atoms with Gasteiger partial charge in [-0.15, -0.1) is 11.3 Å². The molecule has 30 heavy (non-hydrogen) atoms.